The van der Waals surface area contributed by atoms with Crippen molar-refractivity contribution in [2.45, 2.75) is 25.2 Å². The molecule has 0 aliphatic carbocycles. The second kappa shape index (κ2) is 9.66. The van der Waals surface area contributed by atoms with Crippen LogP contribution in [0.3, 0.4) is 0 Å². The fourth-order valence-corrected chi connectivity index (χ4v) is 4.53. The molecule has 0 aromatic heterocycles. The molecule has 1 atom stereocenters. The Labute approximate surface area is 189 Å². The predicted molar refractivity (Wildman–Crippen MR) is 126 cm³/mol. The monoisotopic (exact) mass is 433 g/mol. The van der Waals surface area contributed by atoms with Gasteiger partial charge in [-0.15, -0.1) is 0 Å². The average Bonchev–Trinajstić information content (AvgIpc) is 3.20. The summed E-state index contributed by atoms with van der Waals surface area (Å²) in [6, 6.07) is 21.3. The van der Waals surface area contributed by atoms with Gasteiger partial charge in [-0.05, 0) is 78.0 Å². The van der Waals surface area contributed by atoms with Crippen molar-refractivity contribution in [3.63, 3.8) is 0 Å². The van der Waals surface area contributed by atoms with Gasteiger partial charge < -0.3 is 9.64 Å². The van der Waals surface area contributed by atoms with Crippen LogP contribution in [-0.4, -0.2) is 31.6 Å². The summed E-state index contributed by atoms with van der Waals surface area (Å²) in [6.07, 6.45) is 4.15. The summed E-state index contributed by atoms with van der Waals surface area (Å²) in [5.41, 5.74) is 4.28. The van der Waals surface area contributed by atoms with Gasteiger partial charge in [0.1, 0.15) is 17.4 Å². The van der Waals surface area contributed by atoms with Gasteiger partial charge in [0, 0.05) is 18.5 Å². The minimum Gasteiger partial charge on any atom is -0.497 e. The summed E-state index contributed by atoms with van der Waals surface area (Å²) in [5.74, 6) is 0.371. The molecule has 1 aliphatic rings. The van der Waals surface area contributed by atoms with E-state index in [9.17, 15) is 8.78 Å². The van der Waals surface area contributed by atoms with E-state index < -0.39 is 0 Å². The van der Waals surface area contributed by atoms with Gasteiger partial charge in [-0.25, -0.2) is 8.78 Å². The molecule has 1 fully saturated rings. The highest BCUT2D eigenvalue weighted by atomic mass is 19.1. The Morgan fingerprint density at radius 3 is 2.19 bits per heavy atom. The third kappa shape index (κ3) is 5.08. The van der Waals surface area contributed by atoms with E-state index in [4.69, 9.17) is 4.74 Å². The summed E-state index contributed by atoms with van der Waals surface area (Å²) in [6.45, 7) is 5.30. The molecular formula is C28H29F2NO. The van der Waals surface area contributed by atoms with Crippen molar-refractivity contribution in [3.05, 3.63) is 107 Å². The van der Waals surface area contributed by atoms with Crippen LogP contribution in [0, 0.1) is 11.6 Å². The van der Waals surface area contributed by atoms with Crippen LogP contribution in [0.2, 0.25) is 0 Å². The van der Waals surface area contributed by atoms with Gasteiger partial charge in [-0.3, -0.25) is 0 Å². The van der Waals surface area contributed by atoms with Crippen molar-refractivity contribution in [1.29, 1.82) is 0 Å². The standard InChI is InChI=1S/C28H29F2NO/c1-28(23-5-3-6-26(19-23)32-2)16-18-31(20-28)17-4-7-27(21-8-12-24(29)13-9-21)22-10-14-25(30)15-11-22/h3,5-15,19H,4,16-18,20H2,1-2H3. The topological polar surface area (TPSA) is 12.5 Å². The number of hydrogen-bond acceptors (Lipinski definition) is 2. The van der Waals surface area contributed by atoms with Crippen molar-refractivity contribution in [2.24, 2.45) is 0 Å². The van der Waals surface area contributed by atoms with Crippen molar-refractivity contribution >= 4 is 5.57 Å². The summed E-state index contributed by atoms with van der Waals surface area (Å²) >= 11 is 0. The van der Waals surface area contributed by atoms with E-state index in [0.29, 0.717) is 0 Å². The molecule has 4 heteroatoms. The Morgan fingerprint density at radius 1 is 0.969 bits per heavy atom. The van der Waals surface area contributed by atoms with Crippen LogP contribution in [0.25, 0.3) is 5.57 Å². The lowest BCUT2D eigenvalue weighted by atomic mass is 9.82. The van der Waals surface area contributed by atoms with Gasteiger partial charge in [0.05, 0.1) is 7.11 Å². The highest BCUT2D eigenvalue weighted by Crippen LogP contribution is 2.35. The third-order valence-corrected chi connectivity index (χ3v) is 6.42. The molecule has 166 valence electrons. The van der Waals surface area contributed by atoms with Gasteiger partial charge in [-0.1, -0.05) is 49.4 Å². The van der Waals surface area contributed by atoms with Crippen molar-refractivity contribution in [1.82, 2.24) is 4.90 Å². The molecule has 0 saturated carbocycles. The van der Waals surface area contributed by atoms with Crippen LogP contribution in [0.4, 0.5) is 8.78 Å². The number of benzene rings is 3. The molecule has 4 rings (SSSR count). The van der Waals surface area contributed by atoms with Crippen LogP contribution in [0.15, 0.2) is 78.9 Å². The Morgan fingerprint density at radius 2 is 1.59 bits per heavy atom. The zero-order valence-corrected chi connectivity index (χ0v) is 18.7. The third-order valence-electron chi connectivity index (χ3n) is 6.42. The van der Waals surface area contributed by atoms with E-state index in [2.05, 4.69) is 36.1 Å². The largest absolute Gasteiger partial charge is 0.497 e. The van der Waals surface area contributed by atoms with Crippen LogP contribution < -0.4 is 4.74 Å². The molecule has 0 bridgehead atoms. The summed E-state index contributed by atoms with van der Waals surface area (Å²) in [5, 5.41) is 0. The lowest BCUT2D eigenvalue weighted by Crippen LogP contribution is -2.28. The van der Waals surface area contributed by atoms with Crippen LogP contribution in [-0.2, 0) is 5.41 Å². The summed E-state index contributed by atoms with van der Waals surface area (Å²) in [4.78, 5) is 2.49. The number of hydrogen-bond donors (Lipinski definition) is 0. The van der Waals surface area contributed by atoms with E-state index in [0.717, 1.165) is 54.9 Å². The second-order valence-electron chi connectivity index (χ2n) is 8.74. The maximum absolute atomic E-state index is 13.4. The van der Waals surface area contributed by atoms with Crippen molar-refractivity contribution < 1.29 is 13.5 Å². The molecular weight excluding hydrogens is 404 g/mol. The fourth-order valence-electron chi connectivity index (χ4n) is 4.53. The Kier molecular flexibility index (Phi) is 6.71. The molecule has 1 aliphatic heterocycles. The fraction of sp³-hybridized carbons (Fsp3) is 0.286. The van der Waals surface area contributed by atoms with E-state index >= 15 is 0 Å². The minimum absolute atomic E-state index is 0.106. The highest BCUT2D eigenvalue weighted by molar-refractivity contribution is 5.79. The minimum atomic E-state index is -0.263. The van der Waals surface area contributed by atoms with E-state index in [1.54, 1.807) is 31.4 Å². The first kappa shape index (κ1) is 22.2. The number of halogens is 2. The first-order chi connectivity index (χ1) is 15.5. The smallest absolute Gasteiger partial charge is 0.123 e. The zero-order chi connectivity index (χ0) is 22.6. The van der Waals surface area contributed by atoms with Gasteiger partial charge in [0.25, 0.3) is 0 Å². The highest BCUT2D eigenvalue weighted by Gasteiger charge is 2.35. The second-order valence-corrected chi connectivity index (χ2v) is 8.74. The number of ether oxygens (including phenoxy) is 1. The Balaban J connectivity index is 1.47. The molecule has 1 saturated heterocycles. The number of likely N-dealkylation sites (tertiary alicyclic amines) is 1. The molecule has 3 aromatic rings. The number of nitrogens with zero attached hydrogens (tertiary/aromatic N) is 1. The van der Waals surface area contributed by atoms with Gasteiger partial charge in [0.15, 0.2) is 0 Å². The lowest BCUT2D eigenvalue weighted by molar-refractivity contribution is 0.322. The van der Waals surface area contributed by atoms with Crippen LogP contribution >= 0.6 is 0 Å². The van der Waals surface area contributed by atoms with Gasteiger partial charge in [-0.2, -0.15) is 0 Å². The van der Waals surface area contributed by atoms with Gasteiger partial charge in [0.2, 0.25) is 0 Å². The van der Waals surface area contributed by atoms with E-state index in [-0.39, 0.29) is 17.0 Å². The van der Waals surface area contributed by atoms with Crippen LogP contribution in [0.5, 0.6) is 5.75 Å². The molecule has 32 heavy (non-hydrogen) atoms. The number of rotatable bonds is 7. The van der Waals surface area contributed by atoms with Crippen molar-refractivity contribution in [2.75, 3.05) is 26.7 Å². The molecule has 0 spiro atoms. The lowest BCUT2D eigenvalue weighted by Gasteiger charge is -2.25. The molecule has 1 heterocycles. The normalized spacial score (nSPS) is 18.5. The Bertz CT molecular complexity index is 1030. The molecule has 0 N–H and O–H groups in total. The number of methoxy groups -OCH3 is 1. The Hall–Kier alpha value is -2.98. The van der Waals surface area contributed by atoms with Crippen LogP contribution in [0.1, 0.15) is 36.5 Å². The average molecular weight is 434 g/mol. The van der Waals surface area contributed by atoms with Crippen molar-refractivity contribution in [3.8, 4) is 5.75 Å². The zero-order valence-electron chi connectivity index (χ0n) is 18.7. The maximum Gasteiger partial charge on any atom is 0.123 e. The first-order valence-corrected chi connectivity index (χ1v) is 11.1. The molecule has 3 aromatic carbocycles. The molecule has 1 unspecified atom stereocenters. The quantitative estimate of drug-likeness (QED) is 0.424. The SMILES string of the molecule is COc1cccc(C2(C)CCN(CCC=C(c3ccc(F)cc3)c3ccc(F)cc3)C2)c1. The predicted octanol–water partition coefficient (Wildman–Crippen LogP) is 6.46. The van der Waals surface area contributed by atoms with E-state index in [1.807, 2.05) is 6.07 Å². The maximum atomic E-state index is 13.4. The van der Waals surface area contributed by atoms with Gasteiger partial charge >= 0.3 is 0 Å². The molecule has 0 radical (unpaired) electrons. The molecule has 0 amide bonds. The summed E-state index contributed by atoms with van der Waals surface area (Å²) < 4.78 is 32.3. The summed E-state index contributed by atoms with van der Waals surface area (Å²) in [7, 11) is 1.70. The first-order valence-electron chi connectivity index (χ1n) is 11.1. The molecule has 2 nitrogen and oxygen atoms in total. The van der Waals surface area contributed by atoms with E-state index in [1.165, 1.54) is 29.8 Å².